The quantitative estimate of drug-likeness (QED) is 0.835. The third-order valence-corrected chi connectivity index (χ3v) is 5.09. The van der Waals surface area contributed by atoms with Gasteiger partial charge >= 0.3 is 5.97 Å². The van der Waals surface area contributed by atoms with Crippen LogP contribution in [0.2, 0.25) is 0 Å². The summed E-state index contributed by atoms with van der Waals surface area (Å²) in [4.78, 5) is 15.4. The van der Waals surface area contributed by atoms with Crippen molar-refractivity contribution in [2.24, 2.45) is 5.92 Å². The Morgan fingerprint density at radius 1 is 1.43 bits per heavy atom. The second-order valence-corrected chi connectivity index (χ2v) is 7.05. The van der Waals surface area contributed by atoms with E-state index in [1.165, 1.54) is 6.42 Å². The minimum absolute atomic E-state index is 0.216. The number of benzene rings is 1. The van der Waals surface area contributed by atoms with Gasteiger partial charge in [0, 0.05) is 24.2 Å². The van der Waals surface area contributed by atoms with Crippen LogP contribution in [-0.4, -0.2) is 60.2 Å². The molecule has 0 radical (unpaired) electrons. The molecule has 1 atom stereocenters. The zero-order valence-electron chi connectivity index (χ0n) is 14.6. The second-order valence-electron chi connectivity index (χ2n) is 7.05. The standard InChI is InChI=1S/C18H28N2O3/c1-18(2)15(9-10-20(18)4)12-19(3)11-14-7-5-6-8-16(14)23-13-17(21)22/h5-8,15H,9-13H2,1-4H3,(H,21,22)/t15-/m0/s1. The Morgan fingerprint density at radius 3 is 2.74 bits per heavy atom. The van der Waals surface area contributed by atoms with Crippen molar-refractivity contribution in [3.8, 4) is 5.75 Å². The first-order valence-corrected chi connectivity index (χ1v) is 8.13. The summed E-state index contributed by atoms with van der Waals surface area (Å²) in [5, 5.41) is 8.78. The topological polar surface area (TPSA) is 53.0 Å². The molecule has 1 fully saturated rings. The van der Waals surface area contributed by atoms with Gasteiger partial charge in [0.05, 0.1) is 0 Å². The fourth-order valence-electron chi connectivity index (χ4n) is 3.26. The summed E-state index contributed by atoms with van der Waals surface area (Å²) in [6.45, 7) is 7.23. The average molecular weight is 320 g/mol. The number of para-hydroxylation sites is 1. The summed E-state index contributed by atoms with van der Waals surface area (Å²) < 4.78 is 5.39. The number of ether oxygens (including phenoxy) is 1. The predicted molar refractivity (Wildman–Crippen MR) is 90.7 cm³/mol. The zero-order valence-corrected chi connectivity index (χ0v) is 14.6. The van der Waals surface area contributed by atoms with Gasteiger partial charge in [-0.3, -0.25) is 0 Å². The number of likely N-dealkylation sites (tertiary alicyclic amines) is 1. The number of rotatable bonds is 7. The smallest absolute Gasteiger partial charge is 0.341 e. The lowest BCUT2D eigenvalue weighted by Gasteiger charge is -2.35. The first kappa shape index (κ1) is 17.8. The number of carboxylic acids is 1. The van der Waals surface area contributed by atoms with E-state index in [0.717, 1.165) is 25.2 Å². The van der Waals surface area contributed by atoms with Crippen LogP contribution in [0.1, 0.15) is 25.8 Å². The number of carboxylic acid groups (broad SMARTS) is 1. The van der Waals surface area contributed by atoms with Gasteiger partial charge in [0.2, 0.25) is 0 Å². The molecule has 23 heavy (non-hydrogen) atoms. The van der Waals surface area contributed by atoms with Gasteiger partial charge in [-0.25, -0.2) is 4.79 Å². The van der Waals surface area contributed by atoms with Crippen molar-refractivity contribution < 1.29 is 14.6 Å². The molecule has 2 rings (SSSR count). The van der Waals surface area contributed by atoms with Gasteiger partial charge in [0.15, 0.2) is 6.61 Å². The van der Waals surface area contributed by atoms with Gasteiger partial charge in [-0.05, 0) is 52.9 Å². The number of hydrogen-bond acceptors (Lipinski definition) is 4. The Bertz CT molecular complexity index is 545. The van der Waals surface area contributed by atoms with Gasteiger partial charge < -0.3 is 19.6 Å². The molecule has 5 nitrogen and oxygen atoms in total. The van der Waals surface area contributed by atoms with Crippen LogP contribution in [0.4, 0.5) is 0 Å². The number of aliphatic carboxylic acids is 1. The highest BCUT2D eigenvalue weighted by Crippen LogP contribution is 2.33. The maximum atomic E-state index is 10.7. The van der Waals surface area contributed by atoms with Crippen LogP contribution in [0, 0.1) is 5.92 Å². The van der Waals surface area contributed by atoms with E-state index in [2.05, 4.69) is 37.7 Å². The minimum Gasteiger partial charge on any atom is -0.482 e. The number of nitrogens with zero attached hydrogens (tertiary/aromatic N) is 2. The summed E-state index contributed by atoms with van der Waals surface area (Å²) in [6.07, 6.45) is 1.21. The highest BCUT2D eigenvalue weighted by Gasteiger charge is 2.39. The van der Waals surface area contributed by atoms with Crippen molar-refractivity contribution in [1.29, 1.82) is 0 Å². The molecule has 128 valence electrons. The van der Waals surface area contributed by atoms with Gasteiger partial charge in [-0.1, -0.05) is 18.2 Å². The SMILES string of the molecule is CN(Cc1ccccc1OCC(=O)O)C[C@@H]1CCN(C)C1(C)C. The Kier molecular flexibility index (Phi) is 5.65. The molecule has 0 unspecified atom stereocenters. The first-order chi connectivity index (χ1) is 10.8. The van der Waals surface area contributed by atoms with Crippen LogP contribution in [0.5, 0.6) is 5.75 Å². The predicted octanol–water partition coefficient (Wildman–Crippen LogP) is 2.31. The molecule has 1 saturated heterocycles. The molecule has 0 amide bonds. The number of carbonyl (C=O) groups is 1. The fraction of sp³-hybridized carbons (Fsp3) is 0.611. The third kappa shape index (κ3) is 4.45. The van der Waals surface area contributed by atoms with E-state index in [0.29, 0.717) is 11.7 Å². The van der Waals surface area contributed by atoms with Crippen LogP contribution < -0.4 is 4.74 Å². The molecule has 1 aromatic carbocycles. The summed E-state index contributed by atoms with van der Waals surface area (Å²) >= 11 is 0. The van der Waals surface area contributed by atoms with Gasteiger partial charge in [-0.15, -0.1) is 0 Å². The van der Waals surface area contributed by atoms with E-state index in [1.54, 1.807) is 0 Å². The molecule has 1 aliphatic heterocycles. The molecule has 0 aliphatic carbocycles. The summed E-state index contributed by atoms with van der Waals surface area (Å²) in [7, 11) is 4.30. The van der Waals surface area contributed by atoms with E-state index in [-0.39, 0.29) is 12.1 Å². The van der Waals surface area contributed by atoms with Crippen molar-refractivity contribution in [2.45, 2.75) is 32.4 Å². The summed E-state index contributed by atoms with van der Waals surface area (Å²) in [6, 6.07) is 7.67. The third-order valence-electron chi connectivity index (χ3n) is 5.09. The Balaban J connectivity index is 1.98. The van der Waals surface area contributed by atoms with Crippen LogP contribution in [0.25, 0.3) is 0 Å². The molecule has 1 N–H and O–H groups in total. The Labute approximate surface area is 138 Å². The highest BCUT2D eigenvalue weighted by molar-refractivity contribution is 5.68. The summed E-state index contributed by atoms with van der Waals surface area (Å²) in [5.41, 5.74) is 1.24. The molecular formula is C18H28N2O3. The normalized spacial score (nSPS) is 20.8. The maximum absolute atomic E-state index is 10.7. The minimum atomic E-state index is -0.955. The Hall–Kier alpha value is -1.59. The molecular weight excluding hydrogens is 292 g/mol. The largest absolute Gasteiger partial charge is 0.482 e. The van der Waals surface area contributed by atoms with Crippen LogP contribution in [0.3, 0.4) is 0 Å². The van der Waals surface area contributed by atoms with E-state index in [9.17, 15) is 4.79 Å². The van der Waals surface area contributed by atoms with Gasteiger partial charge in [-0.2, -0.15) is 0 Å². The van der Waals surface area contributed by atoms with Crippen molar-refractivity contribution in [3.05, 3.63) is 29.8 Å². The maximum Gasteiger partial charge on any atom is 0.341 e. The second kappa shape index (κ2) is 7.32. The monoisotopic (exact) mass is 320 g/mol. The fourth-order valence-corrected chi connectivity index (χ4v) is 3.26. The van der Waals surface area contributed by atoms with Crippen molar-refractivity contribution in [1.82, 2.24) is 9.80 Å². The van der Waals surface area contributed by atoms with E-state index < -0.39 is 5.97 Å². The van der Waals surface area contributed by atoms with Crippen LogP contribution in [-0.2, 0) is 11.3 Å². The average Bonchev–Trinajstić information content (AvgIpc) is 2.73. The van der Waals surface area contributed by atoms with E-state index >= 15 is 0 Å². The molecule has 0 saturated carbocycles. The highest BCUT2D eigenvalue weighted by atomic mass is 16.5. The van der Waals surface area contributed by atoms with E-state index in [1.807, 2.05) is 24.3 Å². The van der Waals surface area contributed by atoms with Gasteiger partial charge in [0.25, 0.3) is 0 Å². The molecule has 0 spiro atoms. The zero-order chi connectivity index (χ0) is 17.0. The molecule has 0 aromatic heterocycles. The lowest BCUT2D eigenvalue weighted by atomic mass is 9.88. The number of hydrogen-bond donors (Lipinski definition) is 1. The lowest BCUT2D eigenvalue weighted by Crippen LogP contribution is -2.43. The lowest BCUT2D eigenvalue weighted by molar-refractivity contribution is -0.139. The first-order valence-electron chi connectivity index (χ1n) is 8.13. The molecule has 0 bridgehead atoms. The molecule has 1 aromatic rings. The Morgan fingerprint density at radius 2 is 2.13 bits per heavy atom. The van der Waals surface area contributed by atoms with E-state index in [4.69, 9.17) is 9.84 Å². The molecule has 5 heteroatoms. The van der Waals surface area contributed by atoms with Crippen molar-refractivity contribution in [3.63, 3.8) is 0 Å². The van der Waals surface area contributed by atoms with Gasteiger partial charge in [0.1, 0.15) is 5.75 Å². The van der Waals surface area contributed by atoms with Crippen LogP contribution >= 0.6 is 0 Å². The summed E-state index contributed by atoms with van der Waals surface area (Å²) in [5.74, 6) is 0.332. The van der Waals surface area contributed by atoms with Crippen LogP contribution in [0.15, 0.2) is 24.3 Å². The van der Waals surface area contributed by atoms with Crippen molar-refractivity contribution in [2.75, 3.05) is 33.8 Å². The van der Waals surface area contributed by atoms with Crippen molar-refractivity contribution >= 4 is 5.97 Å². The molecule has 1 heterocycles. The molecule has 1 aliphatic rings.